The molecule has 1 rings (SSSR count). The Morgan fingerprint density at radius 3 is 2.20 bits per heavy atom. The van der Waals surface area contributed by atoms with E-state index in [9.17, 15) is 0 Å². The molecule has 0 spiro atoms. The van der Waals surface area contributed by atoms with Crippen molar-refractivity contribution in [2.75, 3.05) is 13.1 Å². The molecule has 0 aromatic rings. The maximum atomic E-state index is 5.35. The van der Waals surface area contributed by atoms with Crippen LogP contribution in [0.25, 0.3) is 0 Å². The third kappa shape index (κ3) is 1.04. The van der Waals surface area contributed by atoms with Crippen molar-refractivity contribution in [3.8, 4) is 0 Å². The molecule has 1 aliphatic rings. The highest BCUT2D eigenvalue weighted by atomic mass is 35.7. The zero-order valence-electron chi connectivity index (χ0n) is 2.74. The standard InChI is InChI=1S/C2H5ClNP/c3-5-4-1-2-4/h5H,1-2H2. The molecule has 1 aliphatic heterocycles. The third-order valence-electron chi connectivity index (χ3n) is 0.567. The molecule has 0 saturated carbocycles. The van der Waals surface area contributed by atoms with E-state index < -0.39 is 0 Å². The second kappa shape index (κ2) is 1.42. The van der Waals surface area contributed by atoms with Gasteiger partial charge in [-0.2, -0.15) is 0 Å². The minimum atomic E-state index is 0.531. The Morgan fingerprint density at radius 2 is 2.20 bits per heavy atom. The van der Waals surface area contributed by atoms with Crippen LogP contribution in [-0.4, -0.2) is 17.8 Å². The Bertz CT molecular complexity index is 36.6. The van der Waals surface area contributed by atoms with Crippen molar-refractivity contribution in [3.05, 3.63) is 0 Å². The van der Waals surface area contributed by atoms with Crippen molar-refractivity contribution >= 4 is 19.3 Å². The predicted molar refractivity (Wildman–Crippen MR) is 25.7 cm³/mol. The molecule has 30 valence electrons. The lowest BCUT2D eigenvalue weighted by Crippen LogP contribution is -1.63. The van der Waals surface area contributed by atoms with E-state index in [4.69, 9.17) is 11.2 Å². The highest BCUT2D eigenvalue weighted by Crippen LogP contribution is 2.29. The normalized spacial score (nSPS) is 25.8. The molecule has 5 heavy (non-hydrogen) atoms. The molecule has 1 fully saturated rings. The zero-order valence-corrected chi connectivity index (χ0v) is 4.50. The molecule has 0 aromatic carbocycles. The summed E-state index contributed by atoms with van der Waals surface area (Å²) in [7, 11) is 0.531. The van der Waals surface area contributed by atoms with Crippen LogP contribution in [-0.2, 0) is 0 Å². The van der Waals surface area contributed by atoms with Crippen LogP contribution < -0.4 is 0 Å². The number of hydrogen-bond acceptors (Lipinski definition) is 1. The Balaban J connectivity index is 2.00. The Labute approximate surface area is 37.9 Å². The average Bonchev–Trinajstić information content (AvgIpc) is 2.12. The molecule has 0 radical (unpaired) electrons. The van der Waals surface area contributed by atoms with Crippen molar-refractivity contribution in [2.24, 2.45) is 0 Å². The van der Waals surface area contributed by atoms with E-state index in [0.717, 1.165) is 0 Å². The van der Waals surface area contributed by atoms with Gasteiger partial charge in [0.05, 0.1) is 0 Å². The highest BCUT2D eigenvalue weighted by Gasteiger charge is 2.13. The molecule has 0 aromatic heterocycles. The van der Waals surface area contributed by atoms with Gasteiger partial charge in [0.1, 0.15) is 0 Å². The first-order valence-corrected chi connectivity index (χ1v) is 3.50. The molecule has 1 heterocycles. The van der Waals surface area contributed by atoms with E-state index in [1.54, 1.807) is 0 Å². The molecule has 1 saturated heterocycles. The lowest BCUT2D eigenvalue weighted by Gasteiger charge is -1.78. The second-order valence-electron chi connectivity index (χ2n) is 1.07. The molecule has 0 N–H and O–H groups in total. The van der Waals surface area contributed by atoms with Gasteiger partial charge in [0.2, 0.25) is 0 Å². The Kier molecular flexibility index (Phi) is 1.10. The topological polar surface area (TPSA) is 3.01 Å². The maximum Gasteiger partial charge on any atom is 0.0479 e. The van der Waals surface area contributed by atoms with Gasteiger partial charge < -0.3 is 0 Å². The van der Waals surface area contributed by atoms with Crippen molar-refractivity contribution in [3.63, 3.8) is 0 Å². The molecule has 0 aliphatic carbocycles. The Morgan fingerprint density at radius 1 is 1.60 bits per heavy atom. The first-order chi connectivity index (χ1) is 2.43. The summed E-state index contributed by atoms with van der Waals surface area (Å²) in [6.45, 7) is 2.45. The lowest BCUT2D eigenvalue weighted by atomic mass is 11.0. The fraction of sp³-hybridized carbons (Fsp3) is 1.00. The fourth-order valence-corrected chi connectivity index (χ4v) is 0.911. The minimum Gasteiger partial charge on any atom is -0.270 e. The molecule has 1 nitrogen and oxygen atoms in total. The van der Waals surface area contributed by atoms with Gasteiger partial charge in [0.25, 0.3) is 0 Å². The van der Waals surface area contributed by atoms with Crippen molar-refractivity contribution in [1.29, 1.82) is 0 Å². The maximum absolute atomic E-state index is 5.35. The molecule has 0 amide bonds. The van der Waals surface area contributed by atoms with Crippen LogP contribution in [0.2, 0.25) is 0 Å². The first-order valence-electron chi connectivity index (χ1n) is 1.55. The monoisotopic (exact) mass is 109 g/mol. The van der Waals surface area contributed by atoms with Gasteiger partial charge in [0, 0.05) is 21.2 Å². The van der Waals surface area contributed by atoms with Crippen LogP contribution in [0, 0.1) is 0 Å². The van der Waals surface area contributed by atoms with Gasteiger partial charge in [-0.15, -0.1) is 0 Å². The smallest absolute Gasteiger partial charge is 0.0479 e. The van der Waals surface area contributed by atoms with E-state index in [1.165, 1.54) is 13.1 Å². The number of hydrogen-bond donors (Lipinski definition) is 0. The van der Waals surface area contributed by atoms with Crippen LogP contribution in [0.4, 0.5) is 0 Å². The summed E-state index contributed by atoms with van der Waals surface area (Å²) in [5.41, 5.74) is 0. The second-order valence-corrected chi connectivity index (χ2v) is 2.38. The fourth-order valence-electron chi connectivity index (χ4n) is 0.135. The molecule has 1 atom stereocenters. The largest absolute Gasteiger partial charge is 0.270 e. The lowest BCUT2D eigenvalue weighted by molar-refractivity contribution is 0.952. The average molecular weight is 109 g/mol. The van der Waals surface area contributed by atoms with E-state index >= 15 is 0 Å². The van der Waals surface area contributed by atoms with Gasteiger partial charge in [-0.3, -0.25) is 4.67 Å². The van der Waals surface area contributed by atoms with E-state index in [0.29, 0.717) is 8.08 Å². The minimum absolute atomic E-state index is 0.531. The highest BCUT2D eigenvalue weighted by molar-refractivity contribution is 7.66. The third-order valence-corrected chi connectivity index (χ3v) is 1.97. The van der Waals surface area contributed by atoms with Crippen LogP contribution in [0.1, 0.15) is 0 Å². The van der Waals surface area contributed by atoms with Gasteiger partial charge in [-0.05, 0) is 0 Å². The molecular weight excluding hydrogens is 104 g/mol. The van der Waals surface area contributed by atoms with Crippen LogP contribution >= 0.6 is 19.3 Å². The number of halogens is 1. The van der Waals surface area contributed by atoms with Crippen molar-refractivity contribution < 1.29 is 0 Å². The van der Waals surface area contributed by atoms with Gasteiger partial charge in [0.15, 0.2) is 0 Å². The van der Waals surface area contributed by atoms with E-state index in [-0.39, 0.29) is 0 Å². The van der Waals surface area contributed by atoms with Gasteiger partial charge in [-0.25, -0.2) is 0 Å². The van der Waals surface area contributed by atoms with Crippen molar-refractivity contribution in [2.45, 2.75) is 0 Å². The van der Waals surface area contributed by atoms with Crippen LogP contribution in [0.3, 0.4) is 0 Å². The molecule has 3 heteroatoms. The summed E-state index contributed by atoms with van der Waals surface area (Å²) in [6, 6.07) is 0. The summed E-state index contributed by atoms with van der Waals surface area (Å²) < 4.78 is 2.17. The van der Waals surface area contributed by atoms with Crippen LogP contribution in [0.5, 0.6) is 0 Å². The summed E-state index contributed by atoms with van der Waals surface area (Å²) in [6.07, 6.45) is 0. The molecular formula is C2H5ClNP. The van der Waals surface area contributed by atoms with E-state index in [2.05, 4.69) is 4.67 Å². The number of nitrogens with zero attached hydrogens (tertiary/aromatic N) is 1. The summed E-state index contributed by atoms with van der Waals surface area (Å²) in [4.78, 5) is 0. The van der Waals surface area contributed by atoms with E-state index in [1.807, 2.05) is 0 Å². The quantitative estimate of drug-likeness (QED) is 0.359. The van der Waals surface area contributed by atoms with Crippen LogP contribution in [0.15, 0.2) is 0 Å². The Hall–Kier alpha value is 0.680. The summed E-state index contributed by atoms with van der Waals surface area (Å²) in [5, 5.41) is 0. The summed E-state index contributed by atoms with van der Waals surface area (Å²) in [5.74, 6) is 0. The van der Waals surface area contributed by atoms with Crippen molar-refractivity contribution in [1.82, 2.24) is 4.67 Å². The SMILES string of the molecule is ClPN1CC1. The molecule has 1 unspecified atom stereocenters. The predicted octanol–water partition coefficient (Wildman–Crippen LogP) is 1.05. The summed E-state index contributed by atoms with van der Waals surface area (Å²) >= 11 is 5.35. The number of rotatable bonds is 1. The van der Waals surface area contributed by atoms with Gasteiger partial charge in [-0.1, -0.05) is 11.2 Å². The van der Waals surface area contributed by atoms with Gasteiger partial charge >= 0.3 is 0 Å². The molecule has 0 bridgehead atoms. The first kappa shape index (κ1) is 3.86. The zero-order chi connectivity index (χ0) is 3.70.